The van der Waals surface area contributed by atoms with Crippen LogP contribution in [0.1, 0.15) is 30.4 Å². The predicted octanol–water partition coefficient (Wildman–Crippen LogP) is 14.2. The van der Waals surface area contributed by atoms with Gasteiger partial charge in [0.15, 0.2) is 17.5 Å². The van der Waals surface area contributed by atoms with E-state index in [1.54, 1.807) is 0 Å². The lowest BCUT2D eigenvalue weighted by atomic mass is 9.85. The van der Waals surface area contributed by atoms with Gasteiger partial charge in [0, 0.05) is 43.8 Å². The number of rotatable bonds is 4. The lowest BCUT2D eigenvalue weighted by Gasteiger charge is -2.18. The van der Waals surface area contributed by atoms with Gasteiger partial charge in [-0.15, -0.1) is 0 Å². The maximum Gasteiger partial charge on any atom is 0.164 e. The Morgan fingerprint density at radius 2 is 1.19 bits per heavy atom. The third-order valence-electron chi connectivity index (χ3n) is 11.7. The number of hydrogen-bond donors (Lipinski definition) is 0. The summed E-state index contributed by atoms with van der Waals surface area (Å²) in [5, 5.41) is 8.84. The van der Waals surface area contributed by atoms with Gasteiger partial charge < -0.3 is 8.83 Å². The second-order valence-corrected chi connectivity index (χ2v) is 15.1. The minimum Gasteiger partial charge on any atom is -0.456 e. The van der Waals surface area contributed by atoms with E-state index in [1.165, 1.54) is 21.9 Å². The summed E-state index contributed by atoms with van der Waals surface area (Å²) in [6.07, 6.45) is 5.53. The first-order valence-electron chi connectivity index (χ1n) is 19.5. The highest BCUT2D eigenvalue weighted by atomic mass is 16.3. The number of furan rings is 2. The van der Waals surface area contributed by atoms with Gasteiger partial charge in [-0.25, -0.2) is 15.0 Å². The van der Waals surface area contributed by atoms with Crippen LogP contribution in [0.15, 0.2) is 167 Å². The maximum atomic E-state index is 6.80. The second kappa shape index (κ2) is 12.3. The molecule has 0 N–H and O–H groups in total. The standard InChI is InChI=1S/C52H33N3O2/c1-30-13-11-17-31-25-26-44-48(46(30)31)40-23-12-22-36(49(40)57-44)34-28-42(47-39-21-9-10-24-43(39)56-45(47)29-34)52-54-50(32-14-3-2-4-15-32)53-51(55-52)41-27-33-16-5-6-18-35(33)37-19-7-8-20-38(37)41/h2-12,14-30H,13H2,1H3. The molecule has 0 amide bonds. The van der Waals surface area contributed by atoms with E-state index in [1.807, 2.05) is 30.3 Å². The number of nitrogens with zero attached hydrogens (tertiary/aromatic N) is 3. The van der Waals surface area contributed by atoms with Crippen LogP contribution in [0.3, 0.4) is 0 Å². The maximum absolute atomic E-state index is 6.80. The van der Waals surface area contributed by atoms with E-state index in [2.05, 4.69) is 140 Å². The molecular weight excluding hydrogens is 699 g/mol. The van der Waals surface area contributed by atoms with Crippen LogP contribution < -0.4 is 0 Å². The highest BCUT2D eigenvalue weighted by Gasteiger charge is 2.24. The van der Waals surface area contributed by atoms with Crippen LogP contribution in [0.5, 0.6) is 0 Å². The Morgan fingerprint density at radius 3 is 2.07 bits per heavy atom. The molecule has 0 spiro atoms. The van der Waals surface area contributed by atoms with Gasteiger partial charge in [-0.05, 0) is 80.9 Å². The second-order valence-electron chi connectivity index (χ2n) is 15.1. The smallest absolute Gasteiger partial charge is 0.164 e. The van der Waals surface area contributed by atoms with Gasteiger partial charge in [0.2, 0.25) is 0 Å². The monoisotopic (exact) mass is 731 g/mol. The van der Waals surface area contributed by atoms with Crippen molar-refractivity contribution in [2.24, 2.45) is 0 Å². The van der Waals surface area contributed by atoms with Crippen molar-refractivity contribution in [3.8, 4) is 45.3 Å². The molecule has 57 heavy (non-hydrogen) atoms. The summed E-state index contributed by atoms with van der Waals surface area (Å²) in [6, 6.07) is 52.7. The molecule has 1 unspecified atom stereocenters. The zero-order valence-corrected chi connectivity index (χ0v) is 31.0. The van der Waals surface area contributed by atoms with Crippen molar-refractivity contribution >= 4 is 71.5 Å². The molecule has 0 fully saturated rings. The first kappa shape index (κ1) is 31.9. The number of aromatic nitrogens is 3. The summed E-state index contributed by atoms with van der Waals surface area (Å²) in [4.78, 5) is 15.9. The van der Waals surface area contributed by atoms with E-state index < -0.39 is 0 Å². The topological polar surface area (TPSA) is 65.0 Å². The zero-order valence-electron chi connectivity index (χ0n) is 31.0. The molecular formula is C52H33N3O2. The summed E-state index contributed by atoms with van der Waals surface area (Å²) in [6.45, 7) is 2.31. The van der Waals surface area contributed by atoms with Gasteiger partial charge in [-0.2, -0.15) is 0 Å². The van der Waals surface area contributed by atoms with Crippen LogP contribution in [0.25, 0.3) is 117 Å². The lowest BCUT2D eigenvalue weighted by molar-refractivity contribution is 0.667. The fourth-order valence-corrected chi connectivity index (χ4v) is 9.11. The van der Waals surface area contributed by atoms with Gasteiger partial charge >= 0.3 is 0 Å². The van der Waals surface area contributed by atoms with Crippen molar-refractivity contribution in [1.82, 2.24) is 15.0 Å². The number of hydrogen-bond acceptors (Lipinski definition) is 5. The minimum absolute atomic E-state index is 0.397. The van der Waals surface area contributed by atoms with E-state index in [0.717, 1.165) is 88.9 Å². The van der Waals surface area contributed by atoms with Crippen molar-refractivity contribution in [2.75, 3.05) is 0 Å². The predicted molar refractivity (Wildman–Crippen MR) is 233 cm³/mol. The molecule has 5 heteroatoms. The van der Waals surface area contributed by atoms with Crippen LogP contribution in [0.2, 0.25) is 0 Å². The first-order valence-corrected chi connectivity index (χ1v) is 19.5. The van der Waals surface area contributed by atoms with Gasteiger partial charge in [-0.3, -0.25) is 0 Å². The Labute approximate surface area is 327 Å². The summed E-state index contributed by atoms with van der Waals surface area (Å²) in [7, 11) is 0. The van der Waals surface area contributed by atoms with Crippen LogP contribution in [-0.4, -0.2) is 15.0 Å². The summed E-state index contributed by atoms with van der Waals surface area (Å²) >= 11 is 0. The van der Waals surface area contributed by atoms with Crippen LogP contribution >= 0.6 is 0 Å². The molecule has 3 aromatic heterocycles. The number of allylic oxidation sites excluding steroid dienone is 1. The van der Waals surface area contributed by atoms with Crippen molar-refractivity contribution < 1.29 is 8.83 Å². The van der Waals surface area contributed by atoms with E-state index >= 15 is 0 Å². The SMILES string of the molecule is CC1CC=Cc2ccc3oc4c(-c5cc(-c6nc(-c7ccccc7)nc(-c7cc8ccccc8c8ccccc78)n6)c6c(c5)oc5ccccc56)cccc4c3c21. The van der Waals surface area contributed by atoms with Crippen molar-refractivity contribution in [2.45, 2.75) is 19.3 Å². The van der Waals surface area contributed by atoms with E-state index in [4.69, 9.17) is 23.8 Å². The van der Waals surface area contributed by atoms with E-state index in [-0.39, 0.29) is 0 Å². The van der Waals surface area contributed by atoms with Gasteiger partial charge in [0.05, 0.1) is 0 Å². The Bertz CT molecular complexity index is 3470. The molecule has 12 rings (SSSR count). The largest absolute Gasteiger partial charge is 0.456 e. The fourth-order valence-electron chi connectivity index (χ4n) is 9.11. The third kappa shape index (κ3) is 4.92. The first-order chi connectivity index (χ1) is 28.2. The fraction of sp³-hybridized carbons (Fsp3) is 0.0577. The molecule has 1 aliphatic rings. The Balaban J connectivity index is 1.16. The average molecular weight is 732 g/mol. The molecule has 0 radical (unpaired) electrons. The van der Waals surface area contributed by atoms with Crippen LogP contribution in [0.4, 0.5) is 0 Å². The highest BCUT2D eigenvalue weighted by Crippen LogP contribution is 2.46. The molecule has 0 bridgehead atoms. The van der Waals surface area contributed by atoms with Gasteiger partial charge in [-0.1, -0.05) is 140 Å². The van der Waals surface area contributed by atoms with Crippen molar-refractivity contribution in [3.05, 3.63) is 169 Å². The quantitative estimate of drug-likeness (QED) is 0.169. The van der Waals surface area contributed by atoms with Crippen LogP contribution in [-0.2, 0) is 0 Å². The Kier molecular flexibility index (Phi) is 6.90. The van der Waals surface area contributed by atoms with Crippen molar-refractivity contribution in [1.29, 1.82) is 0 Å². The number of benzene rings is 8. The number of para-hydroxylation sites is 2. The highest BCUT2D eigenvalue weighted by molar-refractivity contribution is 6.17. The molecule has 268 valence electrons. The molecule has 0 saturated carbocycles. The van der Waals surface area contributed by atoms with Crippen LogP contribution in [0, 0.1) is 0 Å². The average Bonchev–Trinajstić information content (AvgIpc) is 3.85. The summed E-state index contributed by atoms with van der Waals surface area (Å²) < 4.78 is 13.5. The zero-order chi connectivity index (χ0) is 37.6. The summed E-state index contributed by atoms with van der Waals surface area (Å²) in [5.41, 5.74) is 10.6. The molecule has 3 heterocycles. The normalized spacial score (nSPS) is 14.1. The summed E-state index contributed by atoms with van der Waals surface area (Å²) in [5.74, 6) is 2.18. The molecule has 1 atom stereocenters. The third-order valence-corrected chi connectivity index (χ3v) is 11.7. The Morgan fingerprint density at radius 1 is 0.474 bits per heavy atom. The molecule has 0 aliphatic heterocycles. The molecule has 8 aromatic carbocycles. The molecule has 1 aliphatic carbocycles. The number of fused-ring (bicyclic) bond motifs is 11. The van der Waals surface area contributed by atoms with Gasteiger partial charge in [0.1, 0.15) is 22.3 Å². The molecule has 5 nitrogen and oxygen atoms in total. The lowest BCUT2D eigenvalue weighted by Crippen LogP contribution is -2.01. The van der Waals surface area contributed by atoms with E-state index in [0.29, 0.717) is 23.4 Å². The minimum atomic E-state index is 0.397. The van der Waals surface area contributed by atoms with E-state index in [9.17, 15) is 0 Å². The Hall–Kier alpha value is -7.37. The molecule has 0 saturated heterocycles. The van der Waals surface area contributed by atoms with Gasteiger partial charge in [0.25, 0.3) is 0 Å². The molecule has 11 aromatic rings. The van der Waals surface area contributed by atoms with Crippen molar-refractivity contribution in [3.63, 3.8) is 0 Å².